The second kappa shape index (κ2) is 5.96. The van der Waals surface area contributed by atoms with Gasteiger partial charge in [0.2, 0.25) is 0 Å². The number of aromatic nitrogens is 1. The molecule has 0 fully saturated rings. The second-order valence-electron chi connectivity index (χ2n) is 4.09. The molecular formula is C14H14BrFN2. The topological polar surface area (TPSA) is 16.1 Å². The molecule has 0 saturated carbocycles. The van der Waals surface area contributed by atoms with Crippen LogP contribution in [0.25, 0.3) is 0 Å². The van der Waals surface area contributed by atoms with E-state index in [-0.39, 0.29) is 5.82 Å². The van der Waals surface area contributed by atoms with Crippen LogP contribution in [0.15, 0.2) is 47.1 Å². The Kier molecular flexibility index (Phi) is 4.31. The van der Waals surface area contributed by atoms with Crippen molar-refractivity contribution in [3.63, 3.8) is 0 Å². The van der Waals surface area contributed by atoms with Gasteiger partial charge in [0.25, 0.3) is 0 Å². The maximum Gasteiger partial charge on any atom is 0.139 e. The molecule has 0 aliphatic carbocycles. The molecule has 0 unspecified atom stereocenters. The van der Waals surface area contributed by atoms with E-state index >= 15 is 0 Å². The van der Waals surface area contributed by atoms with E-state index in [1.807, 2.05) is 36.2 Å². The minimum Gasteiger partial charge on any atom is -0.374 e. The van der Waals surface area contributed by atoms with Gasteiger partial charge in [0, 0.05) is 37.6 Å². The number of halogens is 2. The largest absolute Gasteiger partial charge is 0.374 e. The molecule has 18 heavy (non-hydrogen) atoms. The van der Waals surface area contributed by atoms with Crippen LogP contribution in [0.2, 0.25) is 0 Å². The summed E-state index contributed by atoms with van der Waals surface area (Å²) in [6.07, 6.45) is 2.63. The zero-order valence-corrected chi connectivity index (χ0v) is 11.7. The second-order valence-corrected chi connectivity index (χ2v) is 4.95. The first-order valence-corrected chi connectivity index (χ1v) is 6.52. The van der Waals surface area contributed by atoms with Crippen LogP contribution in [0.5, 0.6) is 0 Å². The van der Waals surface area contributed by atoms with E-state index in [4.69, 9.17) is 0 Å². The van der Waals surface area contributed by atoms with Gasteiger partial charge in [-0.15, -0.1) is 0 Å². The van der Waals surface area contributed by atoms with Crippen LogP contribution in [0, 0.1) is 5.82 Å². The van der Waals surface area contributed by atoms with Gasteiger partial charge in [-0.1, -0.05) is 6.07 Å². The summed E-state index contributed by atoms with van der Waals surface area (Å²) < 4.78 is 13.9. The third-order valence-corrected chi connectivity index (χ3v) is 3.42. The molecule has 2 aromatic rings. The number of benzene rings is 1. The third kappa shape index (κ3) is 3.29. The van der Waals surface area contributed by atoms with E-state index in [2.05, 4.69) is 20.9 Å². The first-order valence-electron chi connectivity index (χ1n) is 5.73. The maximum absolute atomic E-state index is 13.4. The standard InChI is InChI=1S/C14H14BrFN2/c1-18(9-7-11-4-2-3-8-17-11)12-5-6-13(15)14(16)10-12/h2-6,8,10H,7,9H2,1H3. The molecule has 1 aromatic carbocycles. The lowest BCUT2D eigenvalue weighted by Crippen LogP contribution is -2.20. The Balaban J connectivity index is 1.99. The number of likely N-dealkylation sites (N-methyl/N-ethyl adjacent to an activating group) is 1. The van der Waals surface area contributed by atoms with Crippen molar-refractivity contribution in [2.24, 2.45) is 0 Å². The molecule has 0 amide bonds. The summed E-state index contributed by atoms with van der Waals surface area (Å²) in [5.74, 6) is -0.239. The van der Waals surface area contributed by atoms with Gasteiger partial charge in [0.1, 0.15) is 5.82 Å². The molecule has 4 heteroatoms. The van der Waals surface area contributed by atoms with E-state index in [9.17, 15) is 4.39 Å². The average molecular weight is 309 g/mol. The molecule has 0 bridgehead atoms. The summed E-state index contributed by atoms with van der Waals surface area (Å²) in [6.45, 7) is 0.804. The fourth-order valence-corrected chi connectivity index (χ4v) is 1.93. The zero-order chi connectivity index (χ0) is 13.0. The Morgan fingerprint density at radius 3 is 2.78 bits per heavy atom. The van der Waals surface area contributed by atoms with Gasteiger partial charge in [0.15, 0.2) is 0 Å². The van der Waals surface area contributed by atoms with Crippen molar-refractivity contribution in [1.82, 2.24) is 4.98 Å². The molecule has 0 aliphatic heterocycles. The lowest BCUT2D eigenvalue weighted by molar-refractivity contribution is 0.620. The minimum absolute atomic E-state index is 0.239. The van der Waals surface area contributed by atoms with Crippen LogP contribution in [0.3, 0.4) is 0 Å². The molecule has 1 aromatic heterocycles. The smallest absolute Gasteiger partial charge is 0.139 e. The molecule has 0 spiro atoms. The van der Waals surface area contributed by atoms with Gasteiger partial charge in [-0.05, 0) is 46.3 Å². The maximum atomic E-state index is 13.4. The molecule has 0 aliphatic rings. The number of pyridine rings is 1. The summed E-state index contributed by atoms with van der Waals surface area (Å²) in [4.78, 5) is 6.29. The van der Waals surface area contributed by atoms with Gasteiger partial charge in [0.05, 0.1) is 4.47 Å². The lowest BCUT2D eigenvalue weighted by Gasteiger charge is -2.19. The first kappa shape index (κ1) is 13.0. The van der Waals surface area contributed by atoms with Crippen molar-refractivity contribution in [2.75, 3.05) is 18.5 Å². The summed E-state index contributed by atoms with van der Waals surface area (Å²) >= 11 is 3.15. The summed E-state index contributed by atoms with van der Waals surface area (Å²) in [5, 5.41) is 0. The van der Waals surface area contributed by atoms with Crippen molar-refractivity contribution >= 4 is 21.6 Å². The van der Waals surface area contributed by atoms with Crippen LogP contribution in [-0.2, 0) is 6.42 Å². The van der Waals surface area contributed by atoms with Gasteiger partial charge in [-0.25, -0.2) is 4.39 Å². The van der Waals surface area contributed by atoms with Gasteiger partial charge < -0.3 is 4.90 Å². The van der Waals surface area contributed by atoms with Gasteiger partial charge in [-0.2, -0.15) is 0 Å². The van der Waals surface area contributed by atoms with Crippen LogP contribution < -0.4 is 4.90 Å². The van der Waals surface area contributed by atoms with E-state index in [1.54, 1.807) is 12.3 Å². The van der Waals surface area contributed by atoms with Crippen molar-refractivity contribution in [3.8, 4) is 0 Å². The van der Waals surface area contributed by atoms with E-state index in [0.717, 1.165) is 24.3 Å². The lowest BCUT2D eigenvalue weighted by atomic mass is 10.2. The monoisotopic (exact) mass is 308 g/mol. The van der Waals surface area contributed by atoms with Crippen LogP contribution >= 0.6 is 15.9 Å². The molecule has 2 rings (SSSR count). The highest BCUT2D eigenvalue weighted by molar-refractivity contribution is 9.10. The number of anilines is 1. The Morgan fingerprint density at radius 1 is 1.28 bits per heavy atom. The van der Waals surface area contributed by atoms with Crippen LogP contribution in [-0.4, -0.2) is 18.6 Å². The highest BCUT2D eigenvalue weighted by Gasteiger charge is 2.05. The average Bonchev–Trinajstić information content (AvgIpc) is 2.40. The van der Waals surface area contributed by atoms with Gasteiger partial charge in [-0.3, -0.25) is 4.98 Å². The molecule has 0 N–H and O–H groups in total. The zero-order valence-electron chi connectivity index (χ0n) is 10.1. The Bertz CT molecular complexity index is 516. The predicted molar refractivity (Wildman–Crippen MR) is 75.3 cm³/mol. The molecule has 94 valence electrons. The van der Waals surface area contributed by atoms with Crippen LogP contribution in [0.1, 0.15) is 5.69 Å². The predicted octanol–water partition coefficient (Wildman–Crippen LogP) is 3.66. The molecule has 0 radical (unpaired) electrons. The van der Waals surface area contributed by atoms with E-state index < -0.39 is 0 Å². The number of rotatable bonds is 4. The summed E-state index contributed by atoms with van der Waals surface area (Å²) in [5.41, 5.74) is 1.91. The summed E-state index contributed by atoms with van der Waals surface area (Å²) in [7, 11) is 1.95. The SMILES string of the molecule is CN(CCc1ccccn1)c1ccc(Br)c(F)c1. The third-order valence-electron chi connectivity index (χ3n) is 2.77. The van der Waals surface area contributed by atoms with Crippen molar-refractivity contribution in [2.45, 2.75) is 6.42 Å². The van der Waals surface area contributed by atoms with Gasteiger partial charge >= 0.3 is 0 Å². The Morgan fingerprint density at radius 2 is 2.11 bits per heavy atom. The molecule has 1 heterocycles. The molecule has 0 saturated heterocycles. The number of hydrogen-bond acceptors (Lipinski definition) is 2. The molecule has 0 atom stereocenters. The first-order chi connectivity index (χ1) is 8.66. The Labute approximate surface area is 115 Å². The van der Waals surface area contributed by atoms with Crippen molar-refractivity contribution in [3.05, 3.63) is 58.6 Å². The highest BCUT2D eigenvalue weighted by atomic mass is 79.9. The fraction of sp³-hybridized carbons (Fsp3) is 0.214. The van der Waals surface area contributed by atoms with E-state index in [1.165, 1.54) is 6.07 Å². The van der Waals surface area contributed by atoms with Crippen LogP contribution in [0.4, 0.5) is 10.1 Å². The van der Waals surface area contributed by atoms with E-state index in [0.29, 0.717) is 4.47 Å². The normalized spacial score (nSPS) is 10.4. The quantitative estimate of drug-likeness (QED) is 0.857. The highest BCUT2D eigenvalue weighted by Crippen LogP contribution is 2.21. The molecular weight excluding hydrogens is 295 g/mol. The Hall–Kier alpha value is -1.42. The minimum atomic E-state index is -0.239. The van der Waals surface area contributed by atoms with Crippen molar-refractivity contribution < 1.29 is 4.39 Å². The number of hydrogen-bond donors (Lipinski definition) is 0. The number of nitrogens with zero attached hydrogens (tertiary/aromatic N) is 2. The van der Waals surface area contributed by atoms with Crippen molar-refractivity contribution in [1.29, 1.82) is 0 Å². The summed E-state index contributed by atoms with van der Waals surface area (Å²) in [6, 6.07) is 11.0. The molecule has 2 nitrogen and oxygen atoms in total. The fourth-order valence-electron chi connectivity index (χ4n) is 1.68.